The van der Waals surface area contributed by atoms with Crippen LogP contribution in [-0.4, -0.2) is 46.2 Å². The molecule has 0 spiro atoms. The molecule has 0 fully saturated rings. The first-order valence-corrected chi connectivity index (χ1v) is 7.67. The van der Waals surface area contributed by atoms with Crippen LogP contribution in [0.3, 0.4) is 0 Å². The number of thioether (sulfide) groups is 1. The lowest BCUT2D eigenvalue weighted by Gasteiger charge is -2.18. The van der Waals surface area contributed by atoms with Gasteiger partial charge in [0.25, 0.3) is 0 Å². The van der Waals surface area contributed by atoms with Crippen molar-refractivity contribution in [3.05, 3.63) is 24.5 Å². The first-order chi connectivity index (χ1) is 11.3. The number of rotatable bonds is 6. The Kier molecular flexibility index (Phi) is 4.62. The SMILES string of the molecule is O=CNn1cnnc1SCC(=O)Nc1ccc2c(c1)OCCO2. The topological polar surface area (TPSA) is 107 Å². The highest BCUT2D eigenvalue weighted by atomic mass is 32.2. The van der Waals surface area contributed by atoms with Crippen LogP contribution >= 0.6 is 11.8 Å². The van der Waals surface area contributed by atoms with Gasteiger partial charge in [0.1, 0.15) is 19.5 Å². The number of anilines is 1. The van der Waals surface area contributed by atoms with Gasteiger partial charge in [-0.3, -0.25) is 15.0 Å². The number of aromatic nitrogens is 3. The van der Waals surface area contributed by atoms with E-state index >= 15 is 0 Å². The van der Waals surface area contributed by atoms with Gasteiger partial charge in [-0.2, -0.15) is 0 Å². The number of amides is 2. The second-order valence-corrected chi connectivity index (χ2v) is 5.37. The minimum Gasteiger partial charge on any atom is -0.486 e. The smallest absolute Gasteiger partial charge is 0.234 e. The summed E-state index contributed by atoms with van der Waals surface area (Å²) < 4.78 is 12.2. The van der Waals surface area contributed by atoms with E-state index in [0.717, 1.165) is 11.8 Å². The Balaban J connectivity index is 1.57. The summed E-state index contributed by atoms with van der Waals surface area (Å²) in [5.41, 5.74) is 3.01. The summed E-state index contributed by atoms with van der Waals surface area (Å²) in [6.45, 7) is 1.00. The number of hydrogen-bond acceptors (Lipinski definition) is 7. The van der Waals surface area contributed by atoms with Crippen molar-refractivity contribution in [2.24, 2.45) is 0 Å². The molecule has 2 aromatic rings. The van der Waals surface area contributed by atoms with Crippen molar-refractivity contribution < 1.29 is 19.1 Å². The van der Waals surface area contributed by atoms with E-state index in [-0.39, 0.29) is 11.7 Å². The lowest BCUT2D eigenvalue weighted by atomic mass is 10.2. The molecule has 3 rings (SSSR count). The number of benzene rings is 1. The molecule has 1 aromatic carbocycles. The largest absolute Gasteiger partial charge is 0.486 e. The van der Waals surface area contributed by atoms with E-state index in [1.54, 1.807) is 18.2 Å². The molecule has 0 saturated heterocycles. The lowest BCUT2D eigenvalue weighted by Crippen LogP contribution is -2.18. The Hall–Kier alpha value is -2.75. The number of nitrogens with one attached hydrogen (secondary N) is 2. The third-order valence-electron chi connectivity index (χ3n) is 2.87. The van der Waals surface area contributed by atoms with E-state index in [0.29, 0.717) is 42.0 Å². The number of carbonyl (C=O) groups is 2. The van der Waals surface area contributed by atoms with Crippen LogP contribution in [0.1, 0.15) is 0 Å². The molecule has 1 aromatic heterocycles. The van der Waals surface area contributed by atoms with Crippen molar-refractivity contribution in [3.8, 4) is 11.5 Å². The Bertz CT molecular complexity index is 720. The summed E-state index contributed by atoms with van der Waals surface area (Å²) in [5, 5.41) is 10.6. The molecule has 120 valence electrons. The number of ether oxygens (including phenoxy) is 2. The van der Waals surface area contributed by atoms with Crippen molar-refractivity contribution >= 4 is 29.8 Å². The maximum atomic E-state index is 12.0. The minimum atomic E-state index is -0.215. The van der Waals surface area contributed by atoms with E-state index in [1.165, 1.54) is 11.0 Å². The van der Waals surface area contributed by atoms with Crippen molar-refractivity contribution in [3.63, 3.8) is 0 Å². The van der Waals surface area contributed by atoms with Gasteiger partial charge in [0.2, 0.25) is 17.5 Å². The van der Waals surface area contributed by atoms with E-state index in [9.17, 15) is 9.59 Å². The number of hydrogen-bond donors (Lipinski definition) is 2. The molecular weight excluding hydrogens is 322 g/mol. The predicted molar refractivity (Wildman–Crippen MR) is 82.2 cm³/mol. The van der Waals surface area contributed by atoms with E-state index < -0.39 is 0 Å². The van der Waals surface area contributed by atoms with Crippen LogP contribution in [-0.2, 0) is 9.59 Å². The third-order valence-corrected chi connectivity index (χ3v) is 3.81. The fourth-order valence-corrected chi connectivity index (χ4v) is 2.59. The van der Waals surface area contributed by atoms with Gasteiger partial charge in [-0.05, 0) is 12.1 Å². The Morgan fingerprint density at radius 3 is 3.00 bits per heavy atom. The summed E-state index contributed by atoms with van der Waals surface area (Å²) in [5.74, 6) is 1.17. The number of nitrogens with zero attached hydrogens (tertiary/aromatic N) is 3. The van der Waals surface area contributed by atoms with Gasteiger partial charge in [-0.15, -0.1) is 10.2 Å². The zero-order valence-electron chi connectivity index (χ0n) is 11.9. The fraction of sp³-hybridized carbons (Fsp3) is 0.231. The fourth-order valence-electron chi connectivity index (χ4n) is 1.92. The normalized spacial score (nSPS) is 12.5. The maximum Gasteiger partial charge on any atom is 0.234 e. The molecule has 10 heteroatoms. The Morgan fingerprint density at radius 2 is 2.17 bits per heavy atom. The van der Waals surface area contributed by atoms with Gasteiger partial charge in [0, 0.05) is 11.8 Å². The van der Waals surface area contributed by atoms with Gasteiger partial charge in [0.15, 0.2) is 11.5 Å². The third kappa shape index (κ3) is 3.72. The molecular formula is C13H13N5O4S. The average molecular weight is 335 g/mol. The molecule has 0 atom stereocenters. The zero-order chi connectivity index (χ0) is 16.1. The standard InChI is InChI=1S/C13H13N5O4S/c19-8-15-18-7-14-17-13(18)23-6-12(20)16-9-1-2-10-11(5-9)22-4-3-21-10/h1-2,5,7-8H,3-4,6H2,(H,15,19)(H,16,20). The van der Waals surface area contributed by atoms with Gasteiger partial charge in [-0.25, -0.2) is 4.68 Å². The molecule has 9 nitrogen and oxygen atoms in total. The number of fused-ring (bicyclic) bond motifs is 1. The highest BCUT2D eigenvalue weighted by Crippen LogP contribution is 2.32. The van der Waals surface area contributed by atoms with Crippen LogP contribution in [0.2, 0.25) is 0 Å². The van der Waals surface area contributed by atoms with Crippen LogP contribution in [0.4, 0.5) is 5.69 Å². The van der Waals surface area contributed by atoms with Crippen molar-refractivity contribution in [2.45, 2.75) is 5.16 Å². The van der Waals surface area contributed by atoms with Gasteiger partial charge >= 0.3 is 0 Å². The summed E-state index contributed by atoms with van der Waals surface area (Å²) in [6.07, 6.45) is 1.85. The average Bonchev–Trinajstić information content (AvgIpc) is 3.00. The van der Waals surface area contributed by atoms with Crippen molar-refractivity contribution in [1.82, 2.24) is 14.9 Å². The minimum absolute atomic E-state index is 0.119. The zero-order valence-corrected chi connectivity index (χ0v) is 12.7. The predicted octanol–water partition coefficient (Wildman–Crippen LogP) is 0.480. The lowest BCUT2D eigenvalue weighted by molar-refractivity contribution is -0.113. The van der Waals surface area contributed by atoms with Gasteiger partial charge < -0.3 is 14.8 Å². The summed E-state index contributed by atoms with van der Waals surface area (Å²) >= 11 is 1.15. The van der Waals surface area contributed by atoms with Crippen LogP contribution in [0, 0.1) is 0 Å². The molecule has 0 saturated carbocycles. The first kappa shape index (κ1) is 15.2. The molecule has 2 amide bonds. The second-order valence-electron chi connectivity index (χ2n) is 4.43. The molecule has 23 heavy (non-hydrogen) atoms. The maximum absolute atomic E-state index is 12.0. The molecule has 0 radical (unpaired) electrons. The molecule has 2 N–H and O–H groups in total. The number of carbonyl (C=O) groups excluding carboxylic acids is 2. The second kappa shape index (κ2) is 7.01. The molecule has 1 aliphatic rings. The summed E-state index contributed by atoms with van der Waals surface area (Å²) in [4.78, 5) is 22.4. The van der Waals surface area contributed by atoms with E-state index in [4.69, 9.17) is 9.47 Å². The van der Waals surface area contributed by atoms with Crippen LogP contribution in [0.5, 0.6) is 11.5 Å². The Morgan fingerprint density at radius 1 is 1.35 bits per heavy atom. The van der Waals surface area contributed by atoms with Crippen LogP contribution in [0.25, 0.3) is 0 Å². The quantitative estimate of drug-likeness (QED) is 0.584. The van der Waals surface area contributed by atoms with Crippen molar-refractivity contribution in [1.29, 1.82) is 0 Å². The van der Waals surface area contributed by atoms with Crippen molar-refractivity contribution in [2.75, 3.05) is 29.7 Å². The Labute approximate surface area is 135 Å². The first-order valence-electron chi connectivity index (χ1n) is 6.69. The van der Waals surface area contributed by atoms with Gasteiger partial charge in [-0.1, -0.05) is 11.8 Å². The summed E-state index contributed by atoms with van der Waals surface area (Å²) in [7, 11) is 0. The monoisotopic (exact) mass is 335 g/mol. The molecule has 2 heterocycles. The molecule has 1 aliphatic heterocycles. The molecule has 0 bridgehead atoms. The van der Waals surface area contributed by atoms with E-state index in [2.05, 4.69) is 20.9 Å². The van der Waals surface area contributed by atoms with Crippen LogP contribution in [0.15, 0.2) is 29.7 Å². The summed E-state index contributed by atoms with van der Waals surface area (Å²) in [6, 6.07) is 5.21. The van der Waals surface area contributed by atoms with E-state index in [1.807, 2.05) is 0 Å². The van der Waals surface area contributed by atoms with Crippen LogP contribution < -0.4 is 20.2 Å². The highest BCUT2D eigenvalue weighted by Gasteiger charge is 2.13. The highest BCUT2D eigenvalue weighted by molar-refractivity contribution is 7.99. The molecule has 0 aliphatic carbocycles. The molecule has 0 unspecified atom stereocenters. The van der Waals surface area contributed by atoms with Gasteiger partial charge in [0.05, 0.1) is 5.75 Å².